The van der Waals surface area contributed by atoms with E-state index >= 15 is 0 Å². The van der Waals surface area contributed by atoms with Gasteiger partial charge in [0.15, 0.2) is 0 Å². The molecule has 0 atom stereocenters. The van der Waals surface area contributed by atoms with Gasteiger partial charge in [-0.15, -0.1) is 0 Å². The number of hydrogen-bond acceptors (Lipinski definition) is 3. The number of aryl methyl sites for hydroxylation is 1. The molecule has 210 valence electrons. The van der Waals surface area contributed by atoms with E-state index in [1.165, 1.54) is 38.4 Å². The third kappa shape index (κ3) is 3.82. The molecule has 0 aliphatic heterocycles. The number of furan rings is 1. The van der Waals surface area contributed by atoms with Crippen molar-refractivity contribution >= 4 is 54.5 Å². The fraction of sp³-hybridized carbons (Fsp3) is 0.179. The Hall–Kier alpha value is -4.96. The van der Waals surface area contributed by atoms with Crippen molar-refractivity contribution in [1.82, 2.24) is 14.5 Å². The molecular weight excluding hydrogens is 526 g/mol. The Morgan fingerprint density at radius 1 is 0.674 bits per heavy atom. The molecule has 4 nitrogen and oxygen atoms in total. The van der Waals surface area contributed by atoms with Gasteiger partial charge in [-0.3, -0.25) is 9.55 Å². The molecule has 3 heterocycles. The Balaban J connectivity index is 1.48. The zero-order chi connectivity index (χ0) is 29.4. The first-order chi connectivity index (χ1) is 20.9. The average molecular weight is 560 g/mol. The lowest BCUT2D eigenvalue weighted by molar-refractivity contribution is 0.670. The highest BCUT2D eigenvalue weighted by Gasteiger charge is 2.25. The lowest BCUT2D eigenvalue weighted by Gasteiger charge is -2.22. The lowest BCUT2D eigenvalue weighted by atomic mass is 9.92. The van der Waals surface area contributed by atoms with E-state index in [4.69, 9.17) is 9.40 Å². The predicted molar refractivity (Wildman–Crippen MR) is 180 cm³/mol. The molecule has 3 aromatic heterocycles. The van der Waals surface area contributed by atoms with Gasteiger partial charge < -0.3 is 4.42 Å². The third-order valence-corrected chi connectivity index (χ3v) is 8.92. The maximum absolute atomic E-state index is 6.80. The highest BCUT2D eigenvalue weighted by molar-refractivity contribution is 6.17. The summed E-state index contributed by atoms with van der Waals surface area (Å²) in [6.07, 6.45) is 3.86. The van der Waals surface area contributed by atoms with Crippen LogP contribution in [0.2, 0.25) is 0 Å². The molecule has 0 unspecified atom stereocenters. The number of benzene rings is 5. The second kappa shape index (κ2) is 9.53. The molecule has 0 saturated carbocycles. The van der Waals surface area contributed by atoms with Crippen LogP contribution in [0.25, 0.3) is 71.6 Å². The van der Waals surface area contributed by atoms with Crippen molar-refractivity contribution in [3.05, 3.63) is 114 Å². The first kappa shape index (κ1) is 25.7. The van der Waals surface area contributed by atoms with Gasteiger partial charge in [-0.05, 0) is 75.2 Å². The Kier molecular flexibility index (Phi) is 5.70. The minimum Gasteiger partial charge on any atom is -0.455 e. The summed E-state index contributed by atoms with van der Waals surface area (Å²) in [4.78, 5) is 9.96. The molecule has 0 saturated heterocycles. The van der Waals surface area contributed by atoms with Crippen molar-refractivity contribution in [3.8, 4) is 17.1 Å². The van der Waals surface area contributed by atoms with E-state index in [-0.39, 0.29) is 0 Å². The molecule has 43 heavy (non-hydrogen) atoms. The van der Waals surface area contributed by atoms with E-state index in [2.05, 4.69) is 129 Å². The Bertz CT molecular complexity index is 2340. The van der Waals surface area contributed by atoms with Crippen LogP contribution in [0.4, 0.5) is 0 Å². The van der Waals surface area contributed by atoms with E-state index in [1.807, 2.05) is 12.4 Å². The van der Waals surface area contributed by atoms with Gasteiger partial charge in [0.1, 0.15) is 17.0 Å². The smallest absolute Gasteiger partial charge is 0.149 e. The summed E-state index contributed by atoms with van der Waals surface area (Å²) >= 11 is 0. The van der Waals surface area contributed by atoms with Gasteiger partial charge in [0.25, 0.3) is 0 Å². The second-order valence-electron chi connectivity index (χ2n) is 12.3. The molecule has 5 aromatic carbocycles. The minimum absolute atomic E-state index is 0.334. The number of para-hydroxylation sites is 2. The Morgan fingerprint density at radius 2 is 1.40 bits per heavy atom. The Labute approximate surface area is 250 Å². The maximum Gasteiger partial charge on any atom is 0.149 e. The zero-order valence-electron chi connectivity index (χ0n) is 25.1. The van der Waals surface area contributed by atoms with Crippen LogP contribution in [0.3, 0.4) is 0 Å². The van der Waals surface area contributed by atoms with Crippen molar-refractivity contribution in [2.45, 2.75) is 46.5 Å². The molecule has 0 aliphatic carbocycles. The van der Waals surface area contributed by atoms with Crippen LogP contribution in [0, 0.1) is 6.92 Å². The van der Waals surface area contributed by atoms with Crippen molar-refractivity contribution in [1.29, 1.82) is 0 Å². The van der Waals surface area contributed by atoms with Gasteiger partial charge >= 0.3 is 0 Å². The van der Waals surface area contributed by atoms with Crippen molar-refractivity contribution in [2.75, 3.05) is 0 Å². The molecule has 0 fully saturated rings. The summed E-state index contributed by atoms with van der Waals surface area (Å²) in [6, 6.07) is 30.6. The van der Waals surface area contributed by atoms with Gasteiger partial charge in [0.2, 0.25) is 0 Å². The van der Waals surface area contributed by atoms with E-state index in [9.17, 15) is 0 Å². The summed E-state index contributed by atoms with van der Waals surface area (Å²) in [5, 5.41) is 7.09. The van der Waals surface area contributed by atoms with Crippen molar-refractivity contribution in [2.24, 2.45) is 0 Å². The van der Waals surface area contributed by atoms with E-state index in [0.29, 0.717) is 11.8 Å². The van der Waals surface area contributed by atoms with E-state index in [0.717, 1.165) is 49.9 Å². The molecule has 0 aliphatic rings. The van der Waals surface area contributed by atoms with E-state index in [1.54, 1.807) is 0 Å². The number of aromatic nitrogens is 3. The summed E-state index contributed by atoms with van der Waals surface area (Å²) in [5.41, 5.74) is 9.53. The first-order valence-corrected chi connectivity index (χ1v) is 15.1. The van der Waals surface area contributed by atoms with Gasteiger partial charge in [-0.2, -0.15) is 0 Å². The largest absolute Gasteiger partial charge is 0.455 e. The lowest BCUT2D eigenvalue weighted by Crippen LogP contribution is -2.08. The monoisotopic (exact) mass is 559 g/mol. The quantitative estimate of drug-likeness (QED) is 0.201. The van der Waals surface area contributed by atoms with Gasteiger partial charge in [-0.1, -0.05) is 94.4 Å². The molecule has 4 heteroatoms. The summed E-state index contributed by atoms with van der Waals surface area (Å²) < 4.78 is 9.14. The number of fused-ring (bicyclic) bond motifs is 7. The van der Waals surface area contributed by atoms with Crippen LogP contribution in [0.15, 0.2) is 102 Å². The number of rotatable bonds is 4. The van der Waals surface area contributed by atoms with Crippen molar-refractivity contribution in [3.63, 3.8) is 0 Å². The molecule has 0 radical (unpaired) electrons. The predicted octanol–water partition coefficient (Wildman–Crippen LogP) is 10.8. The zero-order valence-corrected chi connectivity index (χ0v) is 25.1. The topological polar surface area (TPSA) is 43.9 Å². The highest BCUT2D eigenvalue weighted by atomic mass is 16.3. The normalized spacial score (nSPS) is 12.3. The standard InChI is InChI=1S/C39H33N3O/c1-22(2)27-12-8-13-28(23(3)4)37(27)42-34-21-40-20-24(5)36(34)41-39(42)31-15-9-14-30-33-18-26-17-16-25-10-6-7-11-29(25)32(26)19-35(33)43-38(30)31/h6-23H,1-5H3. The highest BCUT2D eigenvalue weighted by Crippen LogP contribution is 2.42. The molecule has 0 amide bonds. The van der Waals surface area contributed by atoms with Crippen LogP contribution in [-0.2, 0) is 0 Å². The van der Waals surface area contributed by atoms with Crippen LogP contribution in [0.5, 0.6) is 0 Å². The molecule has 0 N–H and O–H groups in total. The van der Waals surface area contributed by atoms with Crippen LogP contribution >= 0.6 is 0 Å². The van der Waals surface area contributed by atoms with E-state index < -0.39 is 0 Å². The minimum atomic E-state index is 0.334. The molecule has 8 rings (SSSR count). The van der Waals surface area contributed by atoms with Gasteiger partial charge in [0, 0.05) is 17.0 Å². The molecule has 0 spiro atoms. The average Bonchev–Trinajstić information content (AvgIpc) is 3.58. The van der Waals surface area contributed by atoms with Crippen LogP contribution < -0.4 is 0 Å². The Morgan fingerprint density at radius 3 is 2.19 bits per heavy atom. The van der Waals surface area contributed by atoms with Crippen LogP contribution in [0.1, 0.15) is 56.2 Å². The number of pyridine rings is 1. The van der Waals surface area contributed by atoms with Crippen LogP contribution in [-0.4, -0.2) is 14.5 Å². The van der Waals surface area contributed by atoms with Crippen molar-refractivity contribution < 1.29 is 4.42 Å². The summed E-state index contributed by atoms with van der Waals surface area (Å²) in [7, 11) is 0. The molecular formula is C39H33N3O. The number of hydrogen-bond donors (Lipinski definition) is 0. The SMILES string of the molecule is Cc1cncc2c1nc(-c1cccc3c1oc1cc4c(ccc5ccccc54)cc13)n2-c1c(C(C)C)cccc1C(C)C. The third-order valence-electron chi connectivity index (χ3n) is 8.92. The van der Waals surface area contributed by atoms with Gasteiger partial charge in [-0.25, -0.2) is 4.98 Å². The summed E-state index contributed by atoms with van der Waals surface area (Å²) in [5.74, 6) is 1.54. The fourth-order valence-electron chi connectivity index (χ4n) is 6.77. The van der Waals surface area contributed by atoms with Gasteiger partial charge in [0.05, 0.1) is 28.5 Å². The summed E-state index contributed by atoms with van der Waals surface area (Å²) in [6.45, 7) is 11.1. The number of nitrogens with zero attached hydrogens (tertiary/aromatic N) is 3. The first-order valence-electron chi connectivity index (χ1n) is 15.1. The maximum atomic E-state index is 6.80. The second-order valence-corrected chi connectivity index (χ2v) is 12.3. The molecule has 8 aromatic rings. The fourth-order valence-corrected chi connectivity index (χ4v) is 6.77. The number of imidazole rings is 1. The molecule has 0 bridgehead atoms.